The number of anilines is 2. The molecule has 0 radical (unpaired) electrons. The summed E-state index contributed by atoms with van der Waals surface area (Å²) in [4.78, 5) is 9.64. The topological polar surface area (TPSA) is 31.4 Å². The smallest absolute Gasteiger partial charge is 0.0908 e. The van der Waals surface area contributed by atoms with E-state index in [-0.39, 0.29) is 0 Å². The molecule has 2 aromatic carbocycles. The molecular weight excluding hydrogens is 356 g/mol. The Bertz CT molecular complexity index is 1020. The molecule has 5 rings (SSSR count). The van der Waals surface area contributed by atoms with Gasteiger partial charge in [-0.25, -0.2) is 0 Å². The van der Waals surface area contributed by atoms with Crippen LogP contribution in [0.1, 0.15) is 24.1 Å². The summed E-state index contributed by atoms with van der Waals surface area (Å²) in [5, 5.41) is 5.11. The average molecular weight is 379 g/mol. The van der Waals surface area contributed by atoms with E-state index >= 15 is 0 Å². The molecule has 0 spiro atoms. The van der Waals surface area contributed by atoms with Crippen molar-refractivity contribution < 1.29 is 0 Å². The zero-order valence-electron chi connectivity index (χ0n) is 15.6. The Morgan fingerprint density at radius 3 is 2.89 bits per heavy atom. The first-order valence-electron chi connectivity index (χ1n) is 9.50. The number of halogens is 1. The summed E-state index contributed by atoms with van der Waals surface area (Å²) in [6.07, 6.45) is 1.81. The van der Waals surface area contributed by atoms with Crippen LogP contribution in [0.5, 0.6) is 0 Å². The van der Waals surface area contributed by atoms with Crippen LogP contribution in [0.15, 0.2) is 48.7 Å². The molecule has 5 heteroatoms. The molecule has 4 nitrogen and oxygen atoms in total. The lowest BCUT2D eigenvalue weighted by atomic mass is 10.00. The number of hydrogen-bond donors (Lipinski definition) is 1. The molecule has 0 amide bonds. The lowest BCUT2D eigenvalue weighted by Gasteiger charge is -2.43. The van der Waals surface area contributed by atoms with Crippen LogP contribution in [0.4, 0.5) is 11.4 Å². The first kappa shape index (κ1) is 16.8. The summed E-state index contributed by atoms with van der Waals surface area (Å²) in [7, 11) is 1.98. The van der Waals surface area contributed by atoms with Gasteiger partial charge in [0.15, 0.2) is 0 Å². The molecule has 3 aromatic rings. The number of piperazine rings is 1. The van der Waals surface area contributed by atoms with Crippen molar-refractivity contribution in [3.8, 4) is 0 Å². The highest BCUT2D eigenvalue weighted by atomic mass is 35.5. The van der Waals surface area contributed by atoms with Crippen LogP contribution in [0, 0.1) is 0 Å². The molecule has 138 valence electrons. The maximum absolute atomic E-state index is 6.39. The van der Waals surface area contributed by atoms with Crippen molar-refractivity contribution in [2.75, 3.05) is 30.4 Å². The fourth-order valence-electron chi connectivity index (χ4n) is 4.68. The molecule has 0 unspecified atom stereocenters. The summed E-state index contributed by atoms with van der Waals surface area (Å²) in [5.41, 5.74) is 6.21. The Morgan fingerprint density at radius 2 is 2.04 bits per heavy atom. The zero-order valence-corrected chi connectivity index (χ0v) is 16.4. The van der Waals surface area contributed by atoms with E-state index in [9.17, 15) is 0 Å². The van der Waals surface area contributed by atoms with E-state index in [2.05, 4.69) is 57.4 Å². The lowest BCUT2D eigenvalue weighted by molar-refractivity contribution is 0.134. The van der Waals surface area contributed by atoms with Crippen molar-refractivity contribution in [1.29, 1.82) is 0 Å². The number of nitrogens with one attached hydrogen (secondary N) is 1. The summed E-state index contributed by atoms with van der Waals surface area (Å²) in [5.74, 6) is 0. The zero-order chi connectivity index (χ0) is 18.5. The summed E-state index contributed by atoms with van der Waals surface area (Å²) < 4.78 is 0. The van der Waals surface area contributed by atoms with Crippen molar-refractivity contribution in [2.24, 2.45) is 0 Å². The Labute approximate surface area is 164 Å². The Hall–Kier alpha value is -2.30. The van der Waals surface area contributed by atoms with Gasteiger partial charge in [-0.05, 0) is 54.4 Å². The lowest BCUT2D eigenvalue weighted by Crippen LogP contribution is -2.51. The van der Waals surface area contributed by atoms with Crippen LogP contribution in [0.3, 0.4) is 0 Å². The quantitative estimate of drug-likeness (QED) is 0.700. The molecule has 1 N–H and O–H groups in total. The average Bonchev–Trinajstić information content (AvgIpc) is 3.07. The third-order valence-electron chi connectivity index (χ3n) is 6.03. The van der Waals surface area contributed by atoms with Crippen LogP contribution < -0.4 is 10.2 Å². The molecule has 2 aliphatic heterocycles. The van der Waals surface area contributed by atoms with E-state index in [4.69, 9.17) is 11.6 Å². The molecule has 27 heavy (non-hydrogen) atoms. The van der Waals surface area contributed by atoms with Crippen LogP contribution >= 0.6 is 11.6 Å². The fraction of sp³-hybridized carbons (Fsp3) is 0.318. The number of benzene rings is 2. The third-order valence-corrected chi connectivity index (χ3v) is 6.33. The maximum Gasteiger partial charge on any atom is 0.0908 e. The molecular formula is C22H23ClN4. The number of rotatable bonds is 2. The van der Waals surface area contributed by atoms with Gasteiger partial charge in [-0.3, -0.25) is 9.88 Å². The molecule has 0 saturated carbocycles. The van der Waals surface area contributed by atoms with Gasteiger partial charge in [0, 0.05) is 55.7 Å². The number of aromatic nitrogens is 1. The van der Waals surface area contributed by atoms with Gasteiger partial charge in [0.25, 0.3) is 0 Å². The molecule has 0 bridgehead atoms. The van der Waals surface area contributed by atoms with E-state index in [0.29, 0.717) is 17.1 Å². The minimum atomic E-state index is 0.428. The van der Waals surface area contributed by atoms with Gasteiger partial charge in [-0.1, -0.05) is 17.7 Å². The number of pyridine rings is 1. The predicted octanol–water partition coefficient (Wildman–Crippen LogP) is 4.70. The fourth-order valence-corrected chi connectivity index (χ4v) is 4.89. The second-order valence-corrected chi connectivity index (χ2v) is 7.98. The SMILES string of the molecule is CNc1ccc2c(c1)CN1[C@H](C)CN(c3ccc(Cl)c4ncccc34)C[C@H]21. The normalized spacial score (nSPS) is 22.0. The second kappa shape index (κ2) is 6.39. The second-order valence-electron chi connectivity index (χ2n) is 7.57. The highest BCUT2D eigenvalue weighted by Gasteiger charge is 2.39. The van der Waals surface area contributed by atoms with Crippen LogP contribution in [-0.2, 0) is 6.54 Å². The highest BCUT2D eigenvalue weighted by Crippen LogP contribution is 2.42. The van der Waals surface area contributed by atoms with Crippen LogP contribution in [0.25, 0.3) is 10.9 Å². The Balaban J connectivity index is 1.54. The molecule has 2 atom stereocenters. The van der Waals surface area contributed by atoms with E-state index in [1.165, 1.54) is 22.5 Å². The summed E-state index contributed by atoms with van der Waals surface area (Å²) in [6, 6.07) is 15.9. The molecule has 2 aliphatic rings. The monoisotopic (exact) mass is 378 g/mol. The summed E-state index contributed by atoms with van der Waals surface area (Å²) >= 11 is 6.39. The van der Waals surface area contributed by atoms with Crippen LogP contribution in [0.2, 0.25) is 5.02 Å². The minimum absolute atomic E-state index is 0.428. The van der Waals surface area contributed by atoms with Gasteiger partial charge >= 0.3 is 0 Å². The molecule has 1 aromatic heterocycles. The molecule has 1 saturated heterocycles. The van der Waals surface area contributed by atoms with Crippen molar-refractivity contribution >= 4 is 33.9 Å². The number of fused-ring (bicyclic) bond motifs is 4. The maximum atomic E-state index is 6.39. The Kier molecular flexibility index (Phi) is 3.99. The van der Waals surface area contributed by atoms with E-state index in [1.807, 2.05) is 25.4 Å². The highest BCUT2D eigenvalue weighted by molar-refractivity contribution is 6.35. The van der Waals surface area contributed by atoms with Crippen LogP contribution in [-0.4, -0.2) is 36.1 Å². The van der Waals surface area contributed by atoms with Gasteiger partial charge in [-0.15, -0.1) is 0 Å². The standard InChI is InChI=1S/C22H23ClN4/c1-14-11-26(20-8-7-19(23)22-18(20)4-3-9-25-22)13-21-17-6-5-16(24-2)10-15(17)12-27(14)21/h3-10,14,21,24H,11-13H2,1-2H3/t14-,21-/m1/s1. The molecule has 3 heterocycles. The number of hydrogen-bond acceptors (Lipinski definition) is 4. The van der Waals surface area contributed by atoms with Gasteiger partial charge in [0.1, 0.15) is 0 Å². The third kappa shape index (κ3) is 2.67. The first-order chi connectivity index (χ1) is 13.2. The van der Waals surface area contributed by atoms with E-state index in [0.717, 1.165) is 30.5 Å². The van der Waals surface area contributed by atoms with Crippen molar-refractivity contribution in [3.63, 3.8) is 0 Å². The van der Waals surface area contributed by atoms with E-state index < -0.39 is 0 Å². The van der Waals surface area contributed by atoms with Gasteiger partial charge in [-0.2, -0.15) is 0 Å². The van der Waals surface area contributed by atoms with Gasteiger partial charge in [0.05, 0.1) is 16.6 Å². The van der Waals surface area contributed by atoms with Crippen molar-refractivity contribution in [2.45, 2.75) is 25.6 Å². The molecule has 0 aliphatic carbocycles. The predicted molar refractivity (Wildman–Crippen MR) is 113 cm³/mol. The Morgan fingerprint density at radius 1 is 1.15 bits per heavy atom. The first-order valence-corrected chi connectivity index (χ1v) is 9.88. The largest absolute Gasteiger partial charge is 0.388 e. The van der Waals surface area contributed by atoms with Gasteiger partial charge < -0.3 is 10.2 Å². The summed E-state index contributed by atoms with van der Waals surface area (Å²) in [6.45, 7) is 5.37. The molecule has 1 fully saturated rings. The van der Waals surface area contributed by atoms with Crippen molar-refractivity contribution in [3.05, 3.63) is 64.8 Å². The van der Waals surface area contributed by atoms with E-state index in [1.54, 1.807) is 0 Å². The van der Waals surface area contributed by atoms with Gasteiger partial charge in [0.2, 0.25) is 0 Å². The van der Waals surface area contributed by atoms with Crippen molar-refractivity contribution in [1.82, 2.24) is 9.88 Å². The minimum Gasteiger partial charge on any atom is -0.388 e. The number of nitrogens with zero attached hydrogens (tertiary/aromatic N) is 3.